The average molecular weight is 494 g/mol. The number of hydrogen-bond donors (Lipinski definition) is 7. The number of nitrogens with two attached hydrogens (primary N) is 1. The van der Waals surface area contributed by atoms with Crippen LogP contribution in [-0.2, 0) is 30.4 Å². The van der Waals surface area contributed by atoms with Gasteiger partial charge < -0.3 is 37.1 Å². The number of imidazole rings is 1. The first-order valence-electron chi connectivity index (χ1n) is 11.7. The van der Waals surface area contributed by atoms with Gasteiger partial charge in [0.25, 0.3) is 0 Å². The summed E-state index contributed by atoms with van der Waals surface area (Å²) in [5.41, 5.74) is 5.81. The van der Waals surface area contributed by atoms with Gasteiger partial charge in [0.05, 0.1) is 12.4 Å². The third-order valence-electron chi connectivity index (χ3n) is 5.62. The molecule has 1 aliphatic rings. The zero-order chi connectivity index (χ0) is 26.0. The molecule has 0 aromatic carbocycles. The Labute approximate surface area is 203 Å². The van der Waals surface area contributed by atoms with Gasteiger partial charge in [-0.1, -0.05) is 13.8 Å². The van der Waals surface area contributed by atoms with Gasteiger partial charge in [-0.2, -0.15) is 0 Å². The molecule has 13 nitrogen and oxygen atoms in total. The molecule has 4 atom stereocenters. The van der Waals surface area contributed by atoms with Gasteiger partial charge in [-0.15, -0.1) is 0 Å². The molecule has 0 aliphatic carbocycles. The number of aromatic amines is 1. The van der Waals surface area contributed by atoms with Gasteiger partial charge in [-0.05, 0) is 38.1 Å². The van der Waals surface area contributed by atoms with Crippen LogP contribution in [0, 0.1) is 5.92 Å². The largest absolute Gasteiger partial charge is 0.480 e. The molecule has 1 saturated heterocycles. The van der Waals surface area contributed by atoms with E-state index >= 15 is 0 Å². The molecule has 2 rings (SSSR count). The van der Waals surface area contributed by atoms with E-state index in [-0.39, 0.29) is 37.5 Å². The predicted octanol–water partition coefficient (Wildman–Crippen LogP) is -1.45. The zero-order valence-corrected chi connectivity index (χ0v) is 20.0. The number of H-pyrrole nitrogens is 1. The molecule has 0 spiro atoms. The molecule has 4 amide bonds. The monoisotopic (exact) mass is 493 g/mol. The Morgan fingerprint density at radius 2 is 1.80 bits per heavy atom. The lowest BCUT2D eigenvalue weighted by Crippen LogP contribution is -2.57. The molecule has 1 fully saturated rings. The van der Waals surface area contributed by atoms with Crippen molar-refractivity contribution in [2.24, 2.45) is 11.7 Å². The Bertz CT molecular complexity index is 883. The van der Waals surface area contributed by atoms with Gasteiger partial charge in [0, 0.05) is 24.7 Å². The van der Waals surface area contributed by atoms with E-state index in [2.05, 4.69) is 31.2 Å². The van der Waals surface area contributed by atoms with Crippen LogP contribution < -0.4 is 27.0 Å². The molecule has 194 valence electrons. The van der Waals surface area contributed by atoms with Crippen molar-refractivity contribution in [2.75, 3.05) is 6.54 Å². The van der Waals surface area contributed by atoms with E-state index in [1.807, 2.05) is 13.8 Å². The summed E-state index contributed by atoms with van der Waals surface area (Å²) in [6.07, 6.45) is 4.37. The fraction of sp³-hybridized carbons (Fsp3) is 0.636. The summed E-state index contributed by atoms with van der Waals surface area (Å²) in [6, 6.07) is -3.85. The fourth-order valence-corrected chi connectivity index (χ4v) is 3.80. The number of amides is 4. The quantitative estimate of drug-likeness (QED) is 0.163. The van der Waals surface area contributed by atoms with Crippen LogP contribution in [0.3, 0.4) is 0 Å². The van der Waals surface area contributed by atoms with Crippen molar-refractivity contribution in [3.63, 3.8) is 0 Å². The number of hydrogen-bond acceptors (Lipinski definition) is 7. The van der Waals surface area contributed by atoms with Crippen molar-refractivity contribution in [2.45, 2.75) is 76.5 Å². The lowest BCUT2D eigenvalue weighted by atomic mass is 10.0. The normalized spacial score (nSPS) is 17.9. The summed E-state index contributed by atoms with van der Waals surface area (Å²) in [4.78, 5) is 68.5. The second-order valence-electron chi connectivity index (χ2n) is 9.09. The minimum Gasteiger partial charge on any atom is -0.480 e. The minimum atomic E-state index is -1.23. The standard InChI is InChI=1S/C22H35N7O6/c1-12(2)8-17(22(34)35)29-20(32)15(5-6-18(23)30)27-21(33)16(9-13-10-24-11-26-13)28-19(31)14-4-3-7-25-14/h10-12,14-17,25H,3-9H2,1-2H3,(H2,23,30)(H,24,26)(H,27,33)(H,28,31)(H,29,32)(H,34,35). The minimum absolute atomic E-state index is 0.00624. The fourth-order valence-electron chi connectivity index (χ4n) is 3.80. The maximum atomic E-state index is 13.2. The number of carboxylic acids is 1. The SMILES string of the molecule is CC(C)CC(NC(=O)C(CCC(N)=O)NC(=O)C(Cc1cnc[nH]1)NC(=O)C1CCCN1)C(=O)O. The molecule has 0 saturated carbocycles. The average Bonchev–Trinajstić information content (AvgIpc) is 3.49. The highest BCUT2D eigenvalue weighted by molar-refractivity contribution is 5.94. The Morgan fingerprint density at radius 3 is 2.34 bits per heavy atom. The molecule has 4 unspecified atom stereocenters. The highest BCUT2D eigenvalue weighted by Gasteiger charge is 2.32. The first-order valence-corrected chi connectivity index (χ1v) is 11.7. The molecular formula is C22H35N7O6. The van der Waals surface area contributed by atoms with Crippen molar-refractivity contribution in [3.8, 4) is 0 Å². The molecule has 35 heavy (non-hydrogen) atoms. The number of rotatable bonds is 14. The van der Waals surface area contributed by atoms with Gasteiger partial charge in [-0.25, -0.2) is 9.78 Å². The van der Waals surface area contributed by atoms with E-state index in [1.54, 1.807) is 0 Å². The number of aliphatic carboxylic acids is 1. The van der Waals surface area contributed by atoms with Crippen molar-refractivity contribution in [1.29, 1.82) is 0 Å². The summed E-state index contributed by atoms with van der Waals surface area (Å²) in [5.74, 6) is -3.65. The van der Waals surface area contributed by atoms with Crippen LogP contribution >= 0.6 is 0 Å². The number of carbonyl (C=O) groups excluding carboxylic acids is 4. The number of nitrogens with one attached hydrogen (secondary N) is 5. The number of primary amides is 1. The number of carbonyl (C=O) groups is 5. The van der Waals surface area contributed by atoms with Crippen LogP contribution in [-0.4, -0.2) is 75.4 Å². The van der Waals surface area contributed by atoms with Gasteiger partial charge >= 0.3 is 5.97 Å². The lowest BCUT2D eigenvalue weighted by molar-refractivity contribution is -0.143. The molecule has 13 heteroatoms. The van der Waals surface area contributed by atoms with E-state index in [0.29, 0.717) is 18.7 Å². The molecule has 0 radical (unpaired) electrons. The van der Waals surface area contributed by atoms with Crippen molar-refractivity contribution in [3.05, 3.63) is 18.2 Å². The van der Waals surface area contributed by atoms with E-state index in [1.165, 1.54) is 12.5 Å². The van der Waals surface area contributed by atoms with Crippen LogP contribution in [0.5, 0.6) is 0 Å². The van der Waals surface area contributed by atoms with Crippen LogP contribution in [0.2, 0.25) is 0 Å². The third kappa shape index (κ3) is 9.35. The molecule has 0 bridgehead atoms. The second kappa shape index (κ2) is 13.4. The molecule has 8 N–H and O–H groups in total. The summed E-state index contributed by atoms with van der Waals surface area (Å²) in [7, 11) is 0. The van der Waals surface area contributed by atoms with Crippen LogP contribution in [0.1, 0.15) is 51.6 Å². The highest BCUT2D eigenvalue weighted by Crippen LogP contribution is 2.09. The van der Waals surface area contributed by atoms with E-state index in [9.17, 15) is 29.1 Å². The first-order chi connectivity index (χ1) is 16.6. The molecular weight excluding hydrogens is 458 g/mol. The summed E-state index contributed by atoms with van der Waals surface area (Å²) in [5, 5.41) is 20.2. The van der Waals surface area contributed by atoms with E-state index in [0.717, 1.165) is 6.42 Å². The zero-order valence-electron chi connectivity index (χ0n) is 20.0. The van der Waals surface area contributed by atoms with Gasteiger partial charge in [0.2, 0.25) is 23.6 Å². The first kappa shape index (κ1) is 27.8. The van der Waals surface area contributed by atoms with Crippen LogP contribution in [0.25, 0.3) is 0 Å². The maximum absolute atomic E-state index is 13.2. The molecule has 1 aliphatic heterocycles. The van der Waals surface area contributed by atoms with E-state index < -0.39 is 47.9 Å². The van der Waals surface area contributed by atoms with Gasteiger partial charge in [0.15, 0.2) is 0 Å². The maximum Gasteiger partial charge on any atom is 0.326 e. The lowest BCUT2D eigenvalue weighted by Gasteiger charge is -2.25. The van der Waals surface area contributed by atoms with Crippen LogP contribution in [0.4, 0.5) is 0 Å². The molecule has 1 aromatic rings. The van der Waals surface area contributed by atoms with Crippen molar-refractivity contribution in [1.82, 2.24) is 31.2 Å². The van der Waals surface area contributed by atoms with E-state index in [4.69, 9.17) is 5.73 Å². The summed E-state index contributed by atoms with van der Waals surface area (Å²) < 4.78 is 0. The number of carboxylic acid groups (broad SMARTS) is 1. The van der Waals surface area contributed by atoms with Gasteiger partial charge in [0.1, 0.15) is 18.1 Å². The van der Waals surface area contributed by atoms with Crippen LogP contribution in [0.15, 0.2) is 12.5 Å². The predicted molar refractivity (Wildman–Crippen MR) is 125 cm³/mol. The Morgan fingerprint density at radius 1 is 1.11 bits per heavy atom. The molecule has 1 aromatic heterocycles. The highest BCUT2D eigenvalue weighted by atomic mass is 16.4. The number of nitrogens with zero attached hydrogens (tertiary/aromatic N) is 1. The van der Waals surface area contributed by atoms with Crippen molar-refractivity contribution < 1.29 is 29.1 Å². The second-order valence-corrected chi connectivity index (χ2v) is 9.09. The summed E-state index contributed by atoms with van der Waals surface area (Å²) >= 11 is 0. The topological polar surface area (TPSA) is 208 Å². The van der Waals surface area contributed by atoms with Crippen molar-refractivity contribution >= 4 is 29.6 Å². The smallest absolute Gasteiger partial charge is 0.326 e. The summed E-state index contributed by atoms with van der Waals surface area (Å²) in [6.45, 7) is 4.33. The number of aromatic nitrogens is 2. The van der Waals surface area contributed by atoms with Gasteiger partial charge in [-0.3, -0.25) is 19.2 Å². The Hall–Kier alpha value is -3.48. The molecule has 2 heterocycles. The Kier molecular flexibility index (Phi) is 10.6. The third-order valence-corrected chi connectivity index (χ3v) is 5.62. The Balaban J connectivity index is 2.16.